The molecule has 0 radical (unpaired) electrons. The SMILES string of the molecule is CCNC(C)(CCCN1CCC(COC)CC1)C(=O)O. The molecule has 0 amide bonds. The number of methoxy groups -OCH3 is 1. The second-order valence-corrected chi connectivity index (χ2v) is 6.01. The first-order valence-electron chi connectivity index (χ1n) is 7.71. The van der Waals surface area contributed by atoms with Gasteiger partial charge in [-0.3, -0.25) is 4.79 Å². The molecule has 0 spiro atoms. The number of nitrogens with zero attached hydrogens (tertiary/aromatic N) is 1. The van der Waals surface area contributed by atoms with E-state index in [1.54, 1.807) is 14.0 Å². The van der Waals surface area contributed by atoms with E-state index in [-0.39, 0.29) is 0 Å². The fraction of sp³-hybridized carbons (Fsp3) is 0.933. The maximum atomic E-state index is 11.3. The van der Waals surface area contributed by atoms with E-state index in [4.69, 9.17) is 4.74 Å². The van der Waals surface area contributed by atoms with Crippen molar-refractivity contribution in [3.05, 3.63) is 0 Å². The van der Waals surface area contributed by atoms with Gasteiger partial charge in [-0.15, -0.1) is 0 Å². The second kappa shape index (κ2) is 8.60. The van der Waals surface area contributed by atoms with Crippen LogP contribution in [0, 0.1) is 5.92 Å². The summed E-state index contributed by atoms with van der Waals surface area (Å²) in [6.07, 6.45) is 3.98. The zero-order valence-electron chi connectivity index (χ0n) is 13.2. The molecule has 1 fully saturated rings. The maximum absolute atomic E-state index is 11.3. The first-order valence-corrected chi connectivity index (χ1v) is 7.71. The number of hydrogen-bond donors (Lipinski definition) is 2. The number of ether oxygens (including phenoxy) is 1. The lowest BCUT2D eigenvalue weighted by Gasteiger charge is -2.32. The number of carboxylic acids is 1. The lowest BCUT2D eigenvalue weighted by molar-refractivity contribution is -0.144. The van der Waals surface area contributed by atoms with E-state index in [2.05, 4.69) is 10.2 Å². The van der Waals surface area contributed by atoms with Crippen molar-refractivity contribution in [1.29, 1.82) is 0 Å². The summed E-state index contributed by atoms with van der Waals surface area (Å²) in [5, 5.41) is 12.4. The third kappa shape index (κ3) is 5.38. The largest absolute Gasteiger partial charge is 0.480 e. The van der Waals surface area contributed by atoms with Crippen LogP contribution in [0.2, 0.25) is 0 Å². The third-order valence-electron chi connectivity index (χ3n) is 4.30. The molecule has 1 aliphatic rings. The third-order valence-corrected chi connectivity index (χ3v) is 4.30. The summed E-state index contributed by atoms with van der Waals surface area (Å²) in [7, 11) is 1.76. The Kier molecular flexibility index (Phi) is 7.48. The van der Waals surface area contributed by atoms with Crippen molar-refractivity contribution in [2.24, 2.45) is 5.92 Å². The molecule has 1 heterocycles. The van der Waals surface area contributed by atoms with Crippen LogP contribution >= 0.6 is 0 Å². The molecule has 2 N–H and O–H groups in total. The van der Waals surface area contributed by atoms with Gasteiger partial charge in [0.1, 0.15) is 5.54 Å². The van der Waals surface area contributed by atoms with E-state index in [0.717, 1.165) is 32.7 Å². The lowest BCUT2D eigenvalue weighted by Crippen LogP contribution is -2.49. The van der Waals surface area contributed by atoms with E-state index >= 15 is 0 Å². The summed E-state index contributed by atoms with van der Waals surface area (Å²) >= 11 is 0. The van der Waals surface area contributed by atoms with E-state index in [0.29, 0.717) is 18.9 Å². The Balaban J connectivity index is 2.25. The highest BCUT2D eigenvalue weighted by atomic mass is 16.5. The Bertz CT molecular complexity index is 291. The summed E-state index contributed by atoms with van der Waals surface area (Å²) in [5.41, 5.74) is -0.789. The maximum Gasteiger partial charge on any atom is 0.323 e. The van der Waals surface area contributed by atoms with Gasteiger partial charge in [0, 0.05) is 13.7 Å². The topological polar surface area (TPSA) is 61.8 Å². The minimum atomic E-state index is -0.789. The van der Waals surface area contributed by atoms with Crippen molar-refractivity contribution in [3.8, 4) is 0 Å². The summed E-state index contributed by atoms with van der Waals surface area (Å²) in [6, 6.07) is 0. The molecular formula is C15H30N2O3. The smallest absolute Gasteiger partial charge is 0.323 e. The second-order valence-electron chi connectivity index (χ2n) is 6.01. The Morgan fingerprint density at radius 3 is 2.60 bits per heavy atom. The quantitative estimate of drug-likeness (QED) is 0.674. The Labute approximate surface area is 122 Å². The Hall–Kier alpha value is -0.650. The summed E-state index contributed by atoms with van der Waals surface area (Å²) < 4.78 is 5.20. The van der Waals surface area contributed by atoms with Crippen LogP contribution in [0.15, 0.2) is 0 Å². The van der Waals surface area contributed by atoms with Crippen LogP contribution in [0.3, 0.4) is 0 Å². The fourth-order valence-electron chi connectivity index (χ4n) is 2.93. The average molecular weight is 286 g/mol. The van der Waals surface area contributed by atoms with Gasteiger partial charge in [-0.05, 0) is 64.7 Å². The van der Waals surface area contributed by atoms with Crippen LogP contribution < -0.4 is 5.32 Å². The number of rotatable bonds is 9. The van der Waals surface area contributed by atoms with Crippen LogP contribution in [0.5, 0.6) is 0 Å². The lowest BCUT2D eigenvalue weighted by atomic mass is 9.94. The molecule has 0 aromatic carbocycles. The van der Waals surface area contributed by atoms with Gasteiger partial charge >= 0.3 is 5.97 Å². The van der Waals surface area contributed by atoms with Gasteiger partial charge in [0.05, 0.1) is 0 Å². The first kappa shape index (κ1) is 17.4. The van der Waals surface area contributed by atoms with Crippen molar-refractivity contribution in [3.63, 3.8) is 0 Å². The van der Waals surface area contributed by atoms with Crippen LogP contribution in [-0.2, 0) is 9.53 Å². The molecule has 1 rings (SSSR count). The molecular weight excluding hydrogens is 256 g/mol. The Morgan fingerprint density at radius 2 is 2.10 bits per heavy atom. The molecule has 0 aromatic heterocycles. The van der Waals surface area contributed by atoms with E-state index < -0.39 is 11.5 Å². The van der Waals surface area contributed by atoms with E-state index in [1.807, 2.05) is 6.92 Å². The number of carbonyl (C=O) groups is 1. The summed E-state index contributed by atoms with van der Waals surface area (Å²) in [5.74, 6) is -0.0551. The normalized spacial score (nSPS) is 20.8. The van der Waals surface area contributed by atoms with Gasteiger partial charge in [0.25, 0.3) is 0 Å². The fourth-order valence-corrected chi connectivity index (χ4v) is 2.93. The van der Waals surface area contributed by atoms with Crippen molar-refractivity contribution >= 4 is 5.97 Å². The van der Waals surface area contributed by atoms with Crippen LogP contribution in [0.25, 0.3) is 0 Å². The highest BCUT2D eigenvalue weighted by Crippen LogP contribution is 2.19. The molecule has 1 atom stereocenters. The number of carboxylic acid groups (broad SMARTS) is 1. The number of likely N-dealkylation sites (tertiary alicyclic amines) is 1. The van der Waals surface area contributed by atoms with Crippen molar-refractivity contribution in [1.82, 2.24) is 10.2 Å². The van der Waals surface area contributed by atoms with Crippen molar-refractivity contribution in [2.75, 3.05) is 39.9 Å². The monoisotopic (exact) mass is 286 g/mol. The number of likely N-dealkylation sites (N-methyl/N-ethyl adjacent to an activating group) is 1. The predicted molar refractivity (Wildman–Crippen MR) is 80.0 cm³/mol. The van der Waals surface area contributed by atoms with Gasteiger partial charge < -0.3 is 20.1 Å². The minimum absolute atomic E-state index is 0.675. The molecule has 20 heavy (non-hydrogen) atoms. The highest BCUT2D eigenvalue weighted by molar-refractivity contribution is 5.78. The van der Waals surface area contributed by atoms with Gasteiger partial charge in [0.15, 0.2) is 0 Å². The molecule has 5 nitrogen and oxygen atoms in total. The summed E-state index contributed by atoms with van der Waals surface area (Å²) in [4.78, 5) is 13.8. The molecule has 1 aliphatic heterocycles. The Morgan fingerprint density at radius 1 is 1.45 bits per heavy atom. The number of aliphatic carboxylic acids is 1. The predicted octanol–water partition coefficient (Wildman–Crippen LogP) is 1.58. The molecule has 0 saturated carbocycles. The molecule has 0 aromatic rings. The minimum Gasteiger partial charge on any atom is -0.480 e. The van der Waals surface area contributed by atoms with Crippen LogP contribution in [0.1, 0.15) is 39.5 Å². The van der Waals surface area contributed by atoms with Crippen LogP contribution in [0.4, 0.5) is 0 Å². The summed E-state index contributed by atoms with van der Waals surface area (Å²) in [6.45, 7) is 8.49. The van der Waals surface area contributed by atoms with Crippen molar-refractivity contribution in [2.45, 2.75) is 45.1 Å². The molecule has 1 unspecified atom stereocenters. The molecule has 1 saturated heterocycles. The van der Waals surface area contributed by atoms with Gasteiger partial charge in [-0.1, -0.05) is 6.92 Å². The molecule has 5 heteroatoms. The number of piperidine rings is 1. The van der Waals surface area contributed by atoms with Crippen LogP contribution in [-0.4, -0.2) is 61.4 Å². The zero-order valence-corrected chi connectivity index (χ0v) is 13.2. The molecule has 0 aliphatic carbocycles. The van der Waals surface area contributed by atoms with Gasteiger partial charge in [-0.2, -0.15) is 0 Å². The van der Waals surface area contributed by atoms with E-state index in [1.165, 1.54) is 12.8 Å². The van der Waals surface area contributed by atoms with Crippen molar-refractivity contribution < 1.29 is 14.6 Å². The average Bonchev–Trinajstić information content (AvgIpc) is 2.41. The molecule has 0 bridgehead atoms. The number of nitrogens with one attached hydrogen (secondary N) is 1. The molecule has 118 valence electrons. The zero-order chi connectivity index (χ0) is 15.0. The highest BCUT2D eigenvalue weighted by Gasteiger charge is 2.31. The van der Waals surface area contributed by atoms with Gasteiger partial charge in [-0.25, -0.2) is 0 Å². The standard InChI is InChI=1S/C15H30N2O3/c1-4-16-15(2,14(18)19)8-5-9-17-10-6-13(7-11-17)12-20-3/h13,16H,4-12H2,1-3H3,(H,18,19). The van der Waals surface area contributed by atoms with Gasteiger partial charge in [0.2, 0.25) is 0 Å². The first-order chi connectivity index (χ1) is 9.51. The van der Waals surface area contributed by atoms with E-state index in [9.17, 15) is 9.90 Å². The number of hydrogen-bond acceptors (Lipinski definition) is 4.